The zero-order valence-electron chi connectivity index (χ0n) is 12.0. The molecule has 1 aromatic rings. The van der Waals surface area contributed by atoms with Crippen LogP contribution in [0.3, 0.4) is 0 Å². The minimum absolute atomic E-state index is 0.290. The fourth-order valence-corrected chi connectivity index (χ4v) is 2.69. The first-order valence-corrected chi connectivity index (χ1v) is 7.00. The summed E-state index contributed by atoms with van der Waals surface area (Å²) in [5.41, 5.74) is 10.5. The standard InChI is InChI=1S/C14H18Cl2N2O3/c1-14(2,3)9(11(12(17)19)21-13(18)20)7-5-4-6-8(15)10(7)16/h4-6,9,11H,1-3H3,(H2,17,19)(H2,18,20). The van der Waals surface area contributed by atoms with Gasteiger partial charge in [0.15, 0.2) is 6.10 Å². The van der Waals surface area contributed by atoms with Crippen LogP contribution >= 0.6 is 23.2 Å². The van der Waals surface area contributed by atoms with Crippen LogP contribution in [0.15, 0.2) is 18.2 Å². The first-order valence-electron chi connectivity index (χ1n) is 6.25. The Morgan fingerprint density at radius 2 is 1.76 bits per heavy atom. The molecule has 1 rings (SSSR count). The van der Waals surface area contributed by atoms with E-state index in [4.69, 9.17) is 39.4 Å². The van der Waals surface area contributed by atoms with Crippen LogP contribution in [0.1, 0.15) is 32.3 Å². The highest BCUT2D eigenvalue weighted by atomic mass is 35.5. The summed E-state index contributed by atoms with van der Waals surface area (Å²) in [6, 6.07) is 5.04. The molecule has 116 valence electrons. The van der Waals surface area contributed by atoms with Crippen molar-refractivity contribution in [1.82, 2.24) is 0 Å². The summed E-state index contributed by atoms with van der Waals surface area (Å²) in [5.74, 6) is -1.39. The van der Waals surface area contributed by atoms with E-state index in [9.17, 15) is 9.59 Å². The van der Waals surface area contributed by atoms with Gasteiger partial charge in [-0.05, 0) is 17.0 Å². The number of amides is 2. The SMILES string of the molecule is CC(C)(C)C(c1cccc(Cl)c1Cl)C(OC(N)=O)C(N)=O. The Morgan fingerprint density at radius 3 is 2.19 bits per heavy atom. The third-order valence-corrected chi connectivity index (χ3v) is 3.91. The normalized spacial score (nSPS) is 14.3. The summed E-state index contributed by atoms with van der Waals surface area (Å²) in [6.45, 7) is 5.61. The van der Waals surface area contributed by atoms with Gasteiger partial charge in [-0.1, -0.05) is 56.1 Å². The van der Waals surface area contributed by atoms with E-state index in [-0.39, 0.29) is 0 Å². The molecule has 0 aliphatic heterocycles. The van der Waals surface area contributed by atoms with Crippen LogP contribution in [0.2, 0.25) is 10.0 Å². The average molecular weight is 333 g/mol. The molecule has 0 heterocycles. The van der Waals surface area contributed by atoms with E-state index < -0.39 is 29.4 Å². The molecule has 1 aromatic carbocycles. The van der Waals surface area contributed by atoms with Gasteiger partial charge in [-0.25, -0.2) is 4.79 Å². The minimum Gasteiger partial charge on any atom is -0.436 e. The minimum atomic E-state index is -1.24. The molecule has 0 aromatic heterocycles. The summed E-state index contributed by atoms with van der Waals surface area (Å²) in [6.07, 6.45) is -2.32. The lowest BCUT2D eigenvalue weighted by Crippen LogP contribution is -2.44. The molecule has 0 aliphatic carbocycles. The van der Waals surface area contributed by atoms with Crippen molar-refractivity contribution >= 4 is 35.2 Å². The average Bonchev–Trinajstić information content (AvgIpc) is 2.31. The lowest BCUT2D eigenvalue weighted by Gasteiger charge is -2.35. The number of nitrogens with two attached hydrogens (primary N) is 2. The van der Waals surface area contributed by atoms with Crippen molar-refractivity contribution in [3.05, 3.63) is 33.8 Å². The summed E-state index contributed by atoms with van der Waals surface area (Å²) in [4.78, 5) is 22.8. The first-order chi connectivity index (χ1) is 9.55. The second-order valence-corrected chi connectivity index (χ2v) is 6.53. The quantitative estimate of drug-likeness (QED) is 0.886. The summed E-state index contributed by atoms with van der Waals surface area (Å²) in [7, 11) is 0. The number of hydrogen-bond acceptors (Lipinski definition) is 3. The Labute approximate surface area is 133 Å². The number of ether oxygens (including phenoxy) is 1. The van der Waals surface area contributed by atoms with E-state index >= 15 is 0 Å². The van der Waals surface area contributed by atoms with Crippen LogP contribution in [0.25, 0.3) is 0 Å². The lowest BCUT2D eigenvalue weighted by atomic mass is 9.73. The fraction of sp³-hybridized carbons (Fsp3) is 0.429. The smallest absolute Gasteiger partial charge is 0.405 e. The zero-order valence-corrected chi connectivity index (χ0v) is 13.5. The first kappa shape index (κ1) is 17.6. The molecule has 7 heteroatoms. The number of primary amides is 2. The molecule has 0 spiro atoms. The third kappa shape index (κ3) is 4.25. The number of hydrogen-bond donors (Lipinski definition) is 2. The Morgan fingerprint density at radius 1 is 1.19 bits per heavy atom. The zero-order chi connectivity index (χ0) is 16.4. The highest BCUT2D eigenvalue weighted by Crippen LogP contribution is 2.43. The van der Waals surface area contributed by atoms with Crippen molar-refractivity contribution in [3.63, 3.8) is 0 Å². The van der Waals surface area contributed by atoms with E-state index in [1.807, 2.05) is 20.8 Å². The number of carbonyl (C=O) groups is 2. The molecule has 5 nitrogen and oxygen atoms in total. The van der Waals surface area contributed by atoms with Gasteiger partial charge in [0.05, 0.1) is 10.0 Å². The predicted molar refractivity (Wildman–Crippen MR) is 82.3 cm³/mol. The Balaban J connectivity index is 3.44. The number of halogens is 2. The molecule has 4 N–H and O–H groups in total. The van der Waals surface area contributed by atoms with Crippen LogP contribution in [-0.4, -0.2) is 18.1 Å². The maximum Gasteiger partial charge on any atom is 0.405 e. The van der Waals surface area contributed by atoms with Crippen LogP contribution in [0.4, 0.5) is 4.79 Å². The monoisotopic (exact) mass is 332 g/mol. The Kier molecular flexibility index (Phi) is 5.48. The van der Waals surface area contributed by atoms with Crippen molar-refractivity contribution < 1.29 is 14.3 Å². The molecule has 2 amide bonds. The summed E-state index contributed by atoms with van der Waals surface area (Å²) >= 11 is 12.2. The van der Waals surface area contributed by atoms with Crippen LogP contribution < -0.4 is 11.5 Å². The van der Waals surface area contributed by atoms with E-state index in [0.717, 1.165) is 0 Å². The predicted octanol–water partition coefficient (Wildman–Crippen LogP) is 3.07. The maximum atomic E-state index is 11.7. The number of rotatable bonds is 4. The highest BCUT2D eigenvalue weighted by Gasteiger charge is 2.40. The van der Waals surface area contributed by atoms with Crippen molar-refractivity contribution in [2.24, 2.45) is 16.9 Å². The summed E-state index contributed by atoms with van der Waals surface area (Å²) < 4.78 is 4.91. The maximum absolute atomic E-state index is 11.7. The molecule has 0 bridgehead atoms. The van der Waals surface area contributed by atoms with Gasteiger partial charge >= 0.3 is 6.09 Å². The Bertz CT molecular complexity index is 556. The van der Waals surface area contributed by atoms with Gasteiger partial charge in [0.2, 0.25) is 0 Å². The number of benzene rings is 1. The third-order valence-electron chi connectivity index (χ3n) is 3.08. The topological polar surface area (TPSA) is 95.4 Å². The van der Waals surface area contributed by atoms with E-state index in [1.54, 1.807) is 18.2 Å². The van der Waals surface area contributed by atoms with Crippen molar-refractivity contribution in [2.75, 3.05) is 0 Å². The van der Waals surface area contributed by atoms with Gasteiger partial charge in [-0.2, -0.15) is 0 Å². The molecular formula is C14H18Cl2N2O3. The van der Waals surface area contributed by atoms with Crippen LogP contribution in [-0.2, 0) is 9.53 Å². The molecular weight excluding hydrogens is 315 g/mol. The van der Waals surface area contributed by atoms with Gasteiger partial charge in [0, 0.05) is 5.92 Å². The molecule has 21 heavy (non-hydrogen) atoms. The van der Waals surface area contributed by atoms with Gasteiger partial charge in [0.25, 0.3) is 5.91 Å². The molecule has 0 saturated heterocycles. The molecule has 0 fully saturated rings. The van der Waals surface area contributed by atoms with Crippen molar-refractivity contribution in [2.45, 2.75) is 32.8 Å². The number of carbonyl (C=O) groups excluding carboxylic acids is 2. The lowest BCUT2D eigenvalue weighted by molar-refractivity contribution is -0.128. The molecule has 0 aliphatic rings. The van der Waals surface area contributed by atoms with Crippen LogP contribution in [0.5, 0.6) is 0 Å². The summed E-state index contributed by atoms with van der Waals surface area (Å²) in [5, 5.41) is 0.629. The van der Waals surface area contributed by atoms with E-state index in [1.165, 1.54) is 0 Å². The van der Waals surface area contributed by atoms with Crippen LogP contribution in [0, 0.1) is 5.41 Å². The van der Waals surface area contributed by atoms with Gasteiger partial charge in [-0.3, -0.25) is 4.79 Å². The highest BCUT2D eigenvalue weighted by molar-refractivity contribution is 6.42. The molecule has 2 atom stereocenters. The van der Waals surface area contributed by atoms with Crippen molar-refractivity contribution in [1.29, 1.82) is 0 Å². The van der Waals surface area contributed by atoms with Gasteiger partial charge in [0.1, 0.15) is 0 Å². The Hall–Kier alpha value is -1.46. The fourth-order valence-electron chi connectivity index (χ4n) is 2.26. The van der Waals surface area contributed by atoms with E-state index in [0.29, 0.717) is 15.6 Å². The largest absolute Gasteiger partial charge is 0.436 e. The molecule has 0 saturated carbocycles. The van der Waals surface area contributed by atoms with Crippen molar-refractivity contribution in [3.8, 4) is 0 Å². The second-order valence-electron chi connectivity index (χ2n) is 5.75. The van der Waals surface area contributed by atoms with Gasteiger partial charge in [-0.15, -0.1) is 0 Å². The second kappa shape index (κ2) is 6.54. The molecule has 2 unspecified atom stereocenters. The van der Waals surface area contributed by atoms with E-state index in [2.05, 4.69) is 0 Å². The van der Waals surface area contributed by atoms with Gasteiger partial charge < -0.3 is 16.2 Å². The molecule has 0 radical (unpaired) electrons.